The van der Waals surface area contributed by atoms with Crippen molar-refractivity contribution >= 4 is 35.3 Å². The summed E-state index contributed by atoms with van der Waals surface area (Å²) < 4.78 is 12.2. The van der Waals surface area contributed by atoms with Gasteiger partial charge in [-0.3, -0.25) is 0 Å². The number of hydrogen-bond donors (Lipinski definition) is 0. The van der Waals surface area contributed by atoms with E-state index in [4.69, 9.17) is 9.47 Å². The van der Waals surface area contributed by atoms with E-state index in [2.05, 4.69) is 54.6 Å². The molecule has 0 saturated heterocycles. The highest BCUT2D eigenvalue weighted by molar-refractivity contribution is 8.19. The van der Waals surface area contributed by atoms with Crippen LogP contribution < -0.4 is 9.47 Å². The monoisotopic (exact) mass is 408 g/mol. The van der Waals surface area contributed by atoms with Crippen molar-refractivity contribution in [2.75, 3.05) is 5.94 Å². The van der Waals surface area contributed by atoms with Gasteiger partial charge in [0.2, 0.25) is 0 Å². The number of benzene rings is 3. The normalized spacial score (nSPS) is 21.9. The molecule has 27 heavy (non-hydrogen) atoms. The molecule has 3 aliphatic rings. The number of ether oxygens (including phenoxy) is 2. The molecule has 3 aromatic rings. The van der Waals surface area contributed by atoms with Crippen LogP contribution in [0.15, 0.2) is 75.4 Å². The van der Waals surface area contributed by atoms with Gasteiger partial charge in [-0.05, 0) is 47.0 Å². The molecule has 3 aromatic carbocycles. The lowest BCUT2D eigenvalue weighted by atomic mass is 10.0. The first-order chi connectivity index (χ1) is 13.3. The van der Waals surface area contributed by atoms with Crippen LogP contribution in [0.5, 0.6) is 11.5 Å². The molecule has 0 bridgehead atoms. The molecule has 134 valence electrons. The second-order valence-electron chi connectivity index (χ2n) is 6.80. The summed E-state index contributed by atoms with van der Waals surface area (Å²) in [7, 11) is 0. The largest absolute Gasteiger partial charge is 0.485 e. The predicted molar refractivity (Wildman–Crippen MR) is 112 cm³/mol. The lowest BCUT2D eigenvalue weighted by Gasteiger charge is -2.12. The van der Waals surface area contributed by atoms with E-state index in [1.807, 2.05) is 29.6 Å². The first-order valence-electron chi connectivity index (χ1n) is 8.95. The van der Waals surface area contributed by atoms with E-state index in [9.17, 15) is 0 Å². The van der Waals surface area contributed by atoms with Crippen LogP contribution in [0.4, 0.5) is 0 Å². The first kappa shape index (κ1) is 16.3. The maximum Gasteiger partial charge on any atom is 0.138 e. The molecule has 2 nitrogen and oxygen atoms in total. The number of rotatable bonds is 2. The summed E-state index contributed by atoms with van der Waals surface area (Å²) in [5.74, 6) is 2.78. The zero-order valence-electron chi connectivity index (χ0n) is 14.4. The van der Waals surface area contributed by atoms with Crippen molar-refractivity contribution in [1.82, 2.24) is 0 Å². The van der Waals surface area contributed by atoms with Crippen LogP contribution in [-0.4, -0.2) is 5.94 Å². The first-order valence-corrected chi connectivity index (χ1v) is 11.7. The number of para-hydroxylation sites is 1. The zero-order chi connectivity index (χ0) is 17.8. The molecule has 0 amide bonds. The van der Waals surface area contributed by atoms with Crippen LogP contribution in [0.1, 0.15) is 27.4 Å². The van der Waals surface area contributed by atoms with Gasteiger partial charge in [0.05, 0.1) is 9.48 Å². The summed E-state index contributed by atoms with van der Waals surface area (Å²) >= 11 is 5.67. The molecule has 0 aliphatic carbocycles. The molecule has 3 heterocycles. The Hall–Kier alpha value is -1.69. The number of fused-ring (bicyclic) bond motifs is 3. The third kappa shape index (κ3) is 2.84. The Morgan fingerprint density at radius 1 is 0.778 bits per heavy atom. The Labute approximate surface area is 171 Å². The summed E-state index contributed by atoms with van der Waals surface area (Å²) in [6, 6.07) is 21.8. The van der Waals surface area contributed by atoms with Crippen LogP contribution in [0, 0.1) is 0 Å². The molecule has 0 saturated carbocycles. The highest BCUT2D eigenvalue weighted by atomic mass is 32.2. The maximum atomic E-state index is 6.18. The van der Waals surface area contributed by atoms with Gasteiger partial charge in [-0.2, -0.15) is 0 Å². The third-order valence-corrected chi connectivity index (χ3v) is 8.87. The fourth-order valence-electron chi connectivity index (χ4n) is 3.73. The SMILES string of the molecule is c1ccc2c(c1)CC(c1ccc3c(c1)SC(c1ccc4c(c1)SCO4)S3)O2. The standard InChI is InChI=1S/C22H16O2S3/c1-2-4-16-13(3-1)9-18(24-16)14-6-8-19-21(10-14)27-22(26-19)15-5-7-17-20(11-15)25-12-23-17/h1-8,10-11,18,22H,9,12H2. The highest BCUT2D eigenvalue weighted by Crippen LogP contribution is 2.58. The van der Waals surface area contributed by atoms with Crippen LogP contribution >= 0.6 is 35.3 Å². The van der Waals surface area contributed by atoms with Crippen molar-refractivity contribution in [3.8, 4) is 11.5 Å². The second kappa shape index (κ2) is 6.43. The molecule has 0 fully saturated rings. The minimum absolute atomic E-state index is 0.130. The highest BCUT2D eigenvalue weighted by Gasteiger charge is 2.29. The van der Waals surface area contributed by atoms with Crippen molar-refractivity contribution in [2.24, 2.45) is 0 Å². The molecule has 6 rings (SSSR count). The Kier molecular flexibility index (Phi) is 3.88. The van der Waals surface area contributed by atoms with Crippen molar-refractivity contribution < 1.29 is 9.47 Å². The molecular formula is C22H16O2S3. The number of hydrogen-bond acceptors (Lipinski definition) is 5. The van der Waals surface area contributed by atoms with Gasteiger partial charge in [-0.1, -0.05) is 42.1 Å². The average molecular weight is 409 g/mol. The van der Waals surface area contributed by atoms with Crippen molar-refractivity contribution in [2.45, 2.75) is 31.8 Å². The van der Waals surface area contributed by atoms with Gasteiger partial charge >= 0.3 is 0 Å². The van der Waals surface area contributed by atoms with Gasteiger partial charge in [-0.15, -0.1) is 23.5 Å². The van der Waals surface area contributed by atoms with E-state index < -0.39 is 0 Å². The van der Waals surface area contributed by atoms with Crippen molar-refractivity contribution in [3.05, 3.63) is 77.4 Å². The molecule has 0 spiro atoms. The van der Waals surface area contributed by atoms with Crippen LogP contribution in [-0.2, 0) is 6.42 Å². The van der Waals surface area contributed by atoms with Crippen molar-refractivity contribution in [3.63, 3.8) is 0 Å². The van der Waals surface area contributed by atoms with E-state index in [0.29, 0.717) is 4.58 Å². The van der Waals surface area contributed by atoms with Gasteiger partial charge in [0.1, 0.15) is 23.5 Å². The zero-order valence-corrected chi connectivity index (χ0v) is 16.8. The Morgan fingerprint density at radius 2 is 1.63 bits per heavy atom. The fourth-order valence-corrected chi connectivity index (χ4v) is 7.37. The van der Waals surface area contributed by atoms with Gasteiger partial charge in [0.25, 0.3) is 0 Å². The van der Waals surface area contributed by atoms with E-state index in [-0.39, 0.29) is 6.10 Å². The predicted octanol–water partition coefficient (Wildman–Crippen LogP) is 6.70. The number of thioether (sulfide) groups is 3. The second-order valence-corrected chi connectivity index (χ2v) is 10.4. The molecule has 3 aliphatic heterocycles. The summed E-state index contributed by atoms with van der Waals surface area (Å²) in [4.78, 5) is 4.00. The third-order valence-electron chi connectivity index (χ3n) is 5.12. The molecule has 2 atom stereocenters. The van der Waals surface area contributed by atoms with Crippen molar-refractivity contribution in [1.29, 1.82) is 0 Å². The van der Waals surface area contributed by atoms with E-state index in [0.717, 1.165) is 23.9 Å². The Bertz CT molecular complexity index is 1020. The Balaban J connectivity index is 1.25. The van der Waals surface area contributed by atoms with Crippen LogP contribution in [0.3, 0.4) is 0 Å². The minimum Gasteiger partial charge on any atom is -0.485 e. The minimum atomic E-state index is 0.130. The Morgan fingerprint density at radius 3 is 2.59 bits per heavy atom. The summed E-state index contributed by atoms with van der Waals surface area (Å²) in [5, 5.41) is 0. The van der Waals surface area contributed by atoms with Crippen LogP contribution in [0.2, 0.25) is 0 Å². The molecule has 2 unspecified atom stereocenters. The quantitative estimate of drug-likeness (QED) is 0.468. The lowest BCUT2D eigenvalue weighted by molar-refractivity contribution is 0.238. The summed E-state index contributed by atoms with van der Waals surface area (Å²) in [5.41, 5.74) is 3.95. The van der Waals surface area contributed by atoms with Crippen LogP contribution in [0.25, 0.3) is 0 Å². The summed E-state index contributed by atoms with van der Waals surface area (Å²) in [6.45, 7) is 0. The van der Waals surface area contributed by atoms with Gasteiger partial charge < -0.3 is 9.47 Å². The van der Waals surface area contributed by atoms with Gasteiger partial charge in [0, 0.05) is 16.2 Å². The average Bonchev–Trinajstić information content (AvgIpc) is 3.42. The topological polar surface area (TPSA) is 18.5 Å². The fraction of sp³-hybridized carbons (Fsp3) is 0.182. The van der Waals surface area contributed by atoms with E-state index in [1.165, 1.54) is 31.4 Å². The lowest BCUT2D eigenvalue weighted by Crippen LogP contribution is -2.03. The summed E-state index contributed by atoms with van der Waals surface area (Å²) in [6.07, 6.45) is 1.09. The van der Waals surface area contributed by atoms with E-state index in [1.54, 1.807) is 11.8 Å². The van der Waals surface area contributed by atoms with Gasteiger partial charge in [0.15, 0.2) is 0 Å². The molecule has 5 heteroatoms. The van der Waals surface area contributed by atoms with Gasteiger partial charge in [-0.25, -0.2) is 0 Å². The molecule has 0 aromatic heterocycles. The smallest absolute Gasteiger partial charge is 0.138 e. The molecule has 0 radical (unpaired) electrons. The molecular weight excluding hydrogens is 392 g/mol. The molecule has 0 N–H and O–H groups in total. The van der Waals surface area contributed by atoms with E-state index >= 15 is 0 Å². The maximum absolute atomic E-state index is 6.18.